The number of nitrogens with zero attached hydrogens (tertiary/aromatic N) is 1. The number of likely N-dealkylation sites (N-methyl/N-ethyl adjacent to an activating group) is 1. The third-order valence-electron chi connectivity index (χ3n) is 3.19. The number of halogens is 2. The first kappa shape index (κ1) is 16.5. The van der Waals surface area contributed by atoms with Crippen molar-refractivity contribution in [2.24, 2.45) is 0 Å². The molecule has 22 heavy (non-hydrogen) atoms. The molecule has 2 aromatic carbocycles. The molecule has 2 rings (SSSR count). The van der Waals surface area contributed by atoms with Gasteiger partial charge in [0.25, 0.3) is 5.91 Å². The van der Waals surface area contributed by atoms with E-state index in [1.54, 1.807) is 7.05 Å². The topological polar surface area (TPSA) is 29.5 Å². The highest BCUT2D eigenvalue weighted by Gasteiger charge is 2.15. The van der Waals surface area contributed by atoms with E-state index in [1.807, 2.05) is 31.2 Å². The van der Waals surface area contributed by atoms with Crippen LogP contribution in [0.25, 0.3) is 0 Å². The van der Waals surface area contributed by atoms with Gasteiger partial charge in [-0.3, -0.25) is 4.79 Å². The van der Waals surface area contributed by atoms with Crippen molar-refractivity contribution in [3.05, 3.63) is 63.9 Å². The summed E-state index contributed by atoms with van der Waals surface area (Å²) >= 11 is 3.27. The highest BCUT2D eigenvalue weighted by atomic mass is 79.9. The lowest BCUT2D eigenvalue weighted by molar-refractivity contribution is 0.0772. The lowest BCUT2D eigenvalue weighted by atomic mass is 10.2. The van der Waals surface area contributed by atoms with E-state index in [0.717, 1.165) is 11.3 Å². The molecule has 0 aromatic heterocycles. The smallest absolute Gasteiger partial charge is 0.254 e. The van der Waals surface area contributed by atoms with E-state index in [9.17, 15) is 9.18 Å². The van der Waals surface area contributed by atoms with Crippen LogP contribution in [0, 0.1) is 12.7 Å². The van der Waals surface area contributed by atoms with Crippen LogP contribution in [-0.4, -0.2) is 31.0 Å². The van der Waals surface area contributed by atoms with Crippen LogP contribution in [0.1, 0.15) is 15.9 Å². The zero-order valence-electron chi connectivity index (χ0n) is 12.5. The van der Waals surface area contributed by atoms with E-state index in [1.165, 1.54) is 23.1 Å². The third-order valence-corrected chi connectivity index (χ3v) is 3.88. The van der Waals surface area contributed by atoms with Gasteiger partial charge in [0.2, 0.25) is 0 Å². The first-order chi connectivity index (χ1) is 10.5. The van der Waals surface area contributed by atoms with Gasteiger partial charge in [-0.25, -0.2) is 4.39 Å². The number of amides is 1. The number of aryl methyl sites for hydroxylation is 1. The van der Waals surface area contributed by atoms with Crippen molar-refractivity contribution in [3.63, 3.8) is 0 Å². The second-order valence-electron chi connectivity index (χ2n) is 5.02. The Balaban J connectivity index is 1.93. The molecule has 116 valence electrons. The van der Waals surface area contributed by atoms with E-state index in [2.05, 4.69) is 15.9 Å². The van der Waals surface area contributed by atoms with Crippen molar-refractivity contribution in [2.75, 3.05) is 20.2 Å². The Morgan fingerprint density at radius 3 is 2.77 bits per heavy atom. The number of rotatable bonds is 5. The van der Waals surface area contributed by atoms with Crippen LogP contribution in [0.2, 0.25) is 0 Å². The fourth-order valence-electron chi connectivity index (χ4n) is 1.97. The van der Waals surface area contributed by atoms with E-state index in [0.29, 0.717) is 23.2 Å². The van der Waals surface area contributed by atoms with Gasteiger partial charge in [0.05, 0.1) is 12.1 Å². The summed E-state index contributed by atoms with van der Waals surface area (Å²) in [6.45, 7) is 2.78. The Morgan fingerprint density at radius 1 is 1.27 bits per heavy atom. The van der Waals surface area contributed by atoms with Gasteiger partial charge in [-0.05, 0) is 58.7 Å². The van der Waals surface area contributed by atoms with Crippen molar-refractivity contribution in [2.45, 2.75) is 6.92 Å². The van der Waals surface area contributed by atoms with Gasteiger partial charge in [0, 0.05) is 11.5 Å². The van der Waals surface area contributed by atoms with Crippen molar-refractivity contribution in [1.29, 1.82) is 0 Å². The van der Waals surface area contributed by atoms with E-state index < -0.39 is 5.82 Å². The molecule has 3 nitrogen and oxygen atoms in total. The highest BCUT2D eigenvalue weighted by Crippen LogP contribution is 2.19. The molecule has 0 aliphatic rings. The van der Waals surface area contributed by atoms with Crippen LogP contribution in [-0.2, 0) is 0 Å². The average molecular weight is 366 g/mol. The second kappa shape index (κ2) is 7.40. The summed E-state index contributed by atoms with van der Waals surface area (Å²) in [5.41, 5.74) is 1.42. The summed E-state index contributed by atoms with van der Waals surface area (Å²) in [5, 5.41) is 0. The number of carbonyl (C=O) groups excluding carboxylic acids is 1. The molecule has 2 aromatic rings. The Kier molecular flexibility index (Phi) is 5.55. The minimum absolute atomic E-state index is 0.251. The van der Waals surface area contributed by atoms with Gasteiger partial charge in [-0.1, -0.05) is 12.1 Å². The first-order valence-electron chi connectivity index (χ1n) is 6.87. The van der Waals surface area contributed by atoms with E-state index >= 15 is 0 Å². The van der Waals surface area contributed by atoms with Crippen LogP contribution in [0.3, 0.4) is 0 Å². The summed E-state index contributed by atoms with van der Waals surface area (Å²) in [6, 6.07) is 11.8. The predicted octanol–water partition coefficient (Wildman–Crippen LogP) is 4.05. The summed E-state index contributed by atoms with van der Waals surface area (Å²) in [7, 11) is 1.67. The SMILES string of the molecule is Cc1cccc(OCCN(C)C(=O)c2cc(F)ccc2Br)c1. The maximum absolute atomic E-state index is 13.3. The molecule has 1 amide bonds. The van der Waals surface area contributed by atoms with Crippen LogP contribution < -0.4 is 4.74 Å². The van der Waals surface area contributed by atoms with Crippen molar-refractivity contribution in [3.8, 4) is 5.75 Å². The molecule has 0 spiro atoms. The monoisotopic (exact) mass is 365 g/mol. The minimum Gasteiger partial charge on any atom is -0.492 e. The minimum atomic E-state index is -0.434. The predicted molar refractivity (Wildman–Crippen MR) is 87.7 cm³/mol. The number of hydrogen-bond donors (Lipinski definition) is 0. The van der Waals surface area contributed by atoms with Gasteiger partial charge in [0.15, 0.2) is 0 Å². The molecular weight excluding hydrogens is 349 g/mol. The molecule has 0 saturated heterocycles. The largest absolute Gasteiger partial charge is 0.492 e. The standard InChI is InChI=1S/C17H17BrFNO2/c1-12-4-3-5-14(10-12)22-9-8-20(2)17(21)15-11-13(19)6-7-16(15)18/h3-7,10-11H,8-9H2,1-2H3. The van der Waals surface area contributed by atoms with Gasteiger partial charge in [0.1, 0.15) is 18.2 Å². The lowest BCUT2D eigenvalue weighted by Gasteiger charge is -2.18. The first-order valence-corrected chi connectivity index (χ1v) is 7.66. The lowest BCUT2D eigenvalue weighted by Crippen LogP contribution is -2.31. The molecule has 0 unspecified atom stereocenters. The molecule has 0 saturated carbocycles. The maximum Gasteiger partial charge on any atom is 0.254 e. The van der Waals surface area contributed by atoms with Gasteiger partial charge < -0.3 is 9.64 Å². The Morgan fingerprint density at radius 2 is 2.05 bits per heavy atom. The molecule has 0 atom stereocenters. The van der Waals surface area contributed by atoms with Crippen molar-refractivity contribution in [1.82, 2.24) is 4.90 Å². The molecule has 0 bridgehead atoms. The summed E-state index contributed by atoms with van der Waals surface area (Å²) in [4.78, 5) is 13.8. The van der Waals surface area contributed by atoms with E-state index in [4.69, 9.17) is 4.74 Å². The Bertz CT molecular complexity index is 675. The summed E-state index contributed by atoms with van der Waals surface area (Å²) < 4.78 is 19.5. The molecule has 0 heterocycles. The number of benzene rings is 2. The highest BCUT2D eigenvalue weighted by molar-refractivity contribution is 9.10. The molecule has 0 radical (unpaired) electrons. The molecule has 0 N–H and O–H groups in total. The summed E-state index contributed by atoms with van der Waals surface area (Å²) in [6.07, 6.45) is 0. The number of ether oxygens (including phenoxy) is 1. The number of carbonyl (C=O) groups is 1. The van der Waals surface area contributed by atoms with Gasteiger partial charge >= 0.3 is 0 Å². The molecule has 0 aliphatic carbocycles. The van der Waals surface area contributed by atoms with Crippen LogP contribution >= 0.6 is 15.9 Å². The van der Waals surface area contributed by atoms with E-state index in [-0.39, 0.29) is 5.91 Å². The van der Waals surface area contributed by atoms with Crippen LogP contribution in [0.15, 0.2) is 46.9 Å². The number of hydrogen-bond acceptors (Lipinski definition) is 2. The molecular formula is C17H17BrFNO2. The van der Waals surface area contributed by atoms with Gasteiger partial charge in [-0.15, -0.1) is 0 Å². The molecule has 5 heteroatoms. The zero-order valence-corrected chi connectivity index (χ0v) is 14.1. The van der Waals surface area contributed by atoms with Crippen LogP contribution in [0.5, 0.6) is 5.75 Å². The average Bonchev–Trinajstić information content (AvgIpc) is 2.49. The summed E-state index contributed by atoms with van der Waals surface area (Å²) in [5.74, 6) is 0.0861. The quantitative estimate of drug-likeness (QED) is 0.799. The maximum atomic E-state index is 13.3. The third kappa shape index (κ3) is 4.31. The second-order valence-corrected chi connectivity index (χ2v) is 5.87. The van der Waals surface area contributed by atoms with Gasteiger partial charge in [-0.2, -0.15) is 0 Å². The normalized spacial score (nSPS) is 10.4. The van der Waals surface area contributed by atoms with Crippen molar-refractivity contribution < 1.29 is 13.9 Å². The fourth-order valence-corrected chi connectivity index (χ4v) is 2.39. The van der Waals surface area contributed by atoms with Crippen LogP contribution in [0.4, 0.5) is 4.39 Å². The zero-order chi connectivity index (χ0) is 16.1. The fraction of sp³-hybridized carbons (Fsp3) is 0.235. The van der Waals surface area contributed by atoms with Crippen molar-refractivity contribution >= 4 is 21.8 Å². The molecule has 0 aliphatic heterocycles. The Labute approximate surface area is 137 Å². The Hall–Kier alpha value is -1.88. The molecule has 0 fully saturated rings.